The second-order valence-corrected chi connectivity index (χ2v) is 4.69. The van der Waals surface area contributed by atoms with Gasteiger partial charge in [0, 0.05) is 37.6 Å². The molecule has 3 N–H and O–H groups in total. The second kappa shape index (κ2) is 6.54. The number of carbonyl (C=O) groups is 1. The molecule has 2 rings (SSSR count). The van der Waals surface area contributed by atoms with Crippen molar-refractivity contribution >= 4 is 17.3 Å². The van der Waals surface area contributed by atoms with E-state index in [4.69, 9.17) is 5.11 Å². The van der Waals surface area contributed by atoms with E-state index in [9.17, 15) is 4.79 Å². The summed E-state index contributed by atoms with van der Waals surface area (Å²) >= 11 is 0. The summed E-state index contributed by atoms with van der Waals surface area (Å²) in [6, 6.07) is 7.74. The molecule has 1 heterocycles. The average Bonchev–Trinajstić information content (AvgIpc) is 2.35. The Morgan fingerprint density at radius 3 is 2.58 bits per heavy atom. The Morgan fingerprint density at radius 2 is 2.11 bits per heavy atom. The Morgan fingerprint density at radius 1 is 1.42 bits per heavy atom. The fraction of sp³-hybridized carbons (Fsp3) is 0.500. The predicted octanol–water partition coefficient (Wildman–Crippen LogP) is 0.663. The molecule has 1 aromatic carbocycles. The Balaban J connectivity index is 1.95. The van der Waals surface area contributed by atoms with E-state index in [1.807, 2.05) is 24.3 Å². The molecule has 1 fully saturated rings. The highest BCUT2D eigenvalue weighted by molar-refractivity contribution is 5.93. The van der Waals surface area contributed by atoms with E-state index >= 15 is 0 Å². The molecule has 0 saturated carbocycles. The monoisotopic (exact) mass is 263 g/mol. The fourth-order valence-electron chi connectivity index (χ4n) is 2.06. The van der Waals surface area contributed by atoms with Gasteiger partial charge in [0.1, 0.15) is 0 Å². The van der Waals surface area contributed by atoms with Crippen LogP contribution in [-0.2, 0) is 4.79 Å². The smallest absolute Gasteiger partial charge is 0.230 e. The van der Waals surface area contributed by atoms with Crippen LogP contribution in [0.5, 0.6) is 0 Å². The van der Waals surface area contributed by atoms with Crippen LogP contribution in [0.25, 0.3) is 0 Å². The minimum absolute atomic E-state index is 0.0780. The van der Waals surface area contributed by atoms with Crippen molar-refractivity contribution in [1.29, 1.82) is 0 Å². The van der Waals surface area contributed by atoms with Crippen molar-refractivity contribution in [3.63, 3.8) is 0 Å². The number of aliphatic hydroxyl groups excluding tert-OH is 1. The van der Waals surface area contributed by atoms with Gasteiger partial charge in [-0.3, -0.25) is 4.79 Å². The lowest BCUT2D eigenvalue weighted by atomic mass is 10.0. The molecule has 1 saturated heterocycles. The molecule has 5 heteroatoms. The first-order valence-electron chi connectivity index (χ1n) is 6.72. The first kappa shape index (κ1) is 13.8. The molecule has 0 aromatic heterocycles. The number of amides is 1. The maximum atomic E-state index is 11.8. The van der Waals surface area contributed by atoms with E-state index < -0.39 is 0 Å². The molecule has 19 heavy (non-hydrogen) atoms. The fourth-order valence-corrected chi connectivity index (χ4v) is 2.06. The van der Waals surface area contributed by atoms with Crippen LogP contribution >= 0.6 is 0 Å². The summed E-state index contributed by atoms with van der Waals surface area (Å²) in [5, 5.41) is 15.0. The van der Waals surface area contributed by atoms with Crippen LogP contribution in [0.2, 0.25) is 0 Å². The molecule has 104 valence electrons. The summed E-state index contributed by atoms with van der Waals surface area (Å²) in [4.78, 5) is 13.9. The van der Waals surface area contributed by atoms with E-state index in [1.54, 1.807) is 0 Å². The molecule has 1 aromatic rings. The maximum Gasteiger partial charge on any atom is 0.230 e. The zero-order valence-corrected chi connectivity index (χ0v) is 11.2. The van der Waals surface area contributed by atoms with Gasteiger partial charge in [0.05, 0.1) is 12.5 Å². The third kappa shape index (κ3) is 3.45. The van der Waals surface area contributed by atoms with E-state index in [0.717, 1.165) is 31.0 Å². The highest BCUT2D eigenvalue weighted by atomic mass is 16.3. The second-order valence-electron chi connectivity index (χ2n) is 4.69. The number of hydrogen-bond donors (Lipinski definition) is 3. The molecule has 0 spiro atoms. The van der Waals surface area contributed by atoms with E-state index in [1.165, 1.54) is 0 Å². The highest BCUT2D eigenvalue weighted by Crippen LogP contribution is 2.18. The SMILES string of the molecule is CCN(CCO)c1ccc(NC(=O)C2CNC2)cc1. The van der Waals surface area contributed by atoms with Gasteiger partial charge in [-0.05, 0) is 31.2 Å². The Kier molecular flexibility index (Phi) is 4.76. The molecule has 1 amide bonds. The highest BCUT2D eigenvalue weighted by Gasteiger charge is 2.24. The Hall–Kier alpha value is -1.59. The molecule has 0 bridgehead atoms. The molecule has 0 aliphatic carbocycles. The van der Waals surface area contributed by atoms with Crippen LogP contribution in [0.4, 0.5) is 11.4 Å². The van der Waals surface area contributed by atoms with Crippen molar-refractivity contribution in [2.75, 3.05) is 43.0 Å². The van der Waals surface area contributed by atoms with Crippen molar-refractivity contribution in [1.82, 2.24) is 5.32 Å². The maximum absolute atomic E-state index is 11.8. The summed E-state index contributed by atoms with van der Waals surface area (Å²) in [5.41, 5.74) is 1.88. The average molecular weight is 263 g/mol. The van der Waals surface area contributed by atoms with E-state index in [-0.39, 0.29) is 18.4 Å². The molecule has 0 unspecified atom stereocenters. The van der Waals surface area contributed by atoms with Gasteiger partial charge in [-0.15, -0.1) is 0 Å². The lowest BCUT2D eigenvalue weighted by Gasteiger charge is -2.26. The molecular weight excluding hydrogens is 242 g/mol. The van der Waals surface area contributed by atoms with Gasteiger partial charge in [0.2, 0.25) is 5.91 Å². The molecule has 1 aliphatic heterocycles. The minimum Gasteiger partial charge on any atom is -0.395 e. The number of carbonyl (C=O) groups excluding carboxylic acids is 1. The number of nitrogens with one attached hydrogen (secondary N) is 2. The number of aliphatic hydroxyl groups is 1. The molecule has 0 atom stereocenters. The van der Waals surface area contributed by atoms with Gasteiger partial charge in [0.25, 0.3) is 0 Å². The standard InChI is InChI=1S/C14H21N3O2/c1-2-17(7-8-18)13-5-3-12(4-6-13)16-14(19)11-9-15-10-11/h3-6,11,15,18H,2,7-10H2,1H3,(H,16,19). The topological polar surface area (TPSA) is 64.6 Å². The van der Waals surface area contributed by atoms with Crippen LogP contribution in [0.15, 0.2) is 24.3 Å². The van der Waals surface area contributed by atoms with Crippen molar-refractivity contribution < 1.29 is 9.90 Å². The molecule has 1 aliphatic rings. The normalized spacial score (nSPS) is 14.8. The zero-order valence-electron chi connectivity index (χ0n) is 11.2. The van der Waals surface area contributed by atoms with Crippen LogP contribution in [0, 0.1) is 5.92 Å². The van der Waals surface area contributed by atoms with Gasteiger partial charge in [-0.1, -0.05) is 0 Å². The molecular formula is C14H21N3O2. The number of hydrogen-bond acceptors (Lipinski definition) is 4. The largest absolute Gasteiger partial charge is 0.395 e. The summed E-state index contributed by atoms with van der Waals surface area (Å²) in [5.74, 6) is 0.176. The number of likely N-dealkylation sites (N-methyl/N-ethyl adjacent to an activating group) is 1. The Labute approximate surface area is 113 Å². The van der Waals surface area contributed by atoms with Crippen LogP contribution in [-0.4, -0.2) is 43.8 Å². The molecule has 0 radical (unpaired) electrons. The Bertz CT molecular complexity index is 415. The summed E-state index contributed by atoms with van der Waals surface area (Å²) in [6.07, 6.45) is 0. The van der Waals surface area contributed by atoms with Gasteiger partial charge in [-0.25, -0.2) is 0 Å². The summed E-state index contributed by atoms with van der Waals surface area (Å²) < 4.78 is 0. The quantitative estimate of drug-likeness (QED) is 0.705. The number of nitrogens with zero attached hydrogens (tertiary/aromatic N) is 1. The van der Waals surface area contributed by atoms with Crippen LogP contribution < -0.4 is 15.5 Å². The third-order valence-corrected chi connectivity index (χ3v) is 3.40. The lowest BCUT2D eigenvalue weighted by Crippen LogP contribution is -2.48. The van der Waals surface area contributed by atoms with Crippen LogP contribution in [0.1, 0.15) is 6.92 Å². The number of benzene rings is 1. The van der Waals surface area contributed by atoms with Crippen LogP contribution in [0.3, 0.4) is 0 Å². The summed E-state index contributed by atoms with van der Waals surface area (Å²) in [6.45, 7) is 5.19. The minimum atomic E-state index is 0.0780. The number of anilines is 2. The van der Waals surface area contributed by atoms with Crippen molar-refractivity contribution in [2.24, 2.45) is 5.92 Å². The van der Waals surface area contributed by atoms with Gasteiger partial charge >= 0.3 is 0 Å². The van der Waals surface area contributed by atoms with Gasteiger partial charge < -0.3 is 20.6 Å². The van der Waals surface area contributed by atoms with Gasteiger partial charge in [0.15, 0.2) is 0 Å². The van der Waals surface area contributed by atoms with Crippen molar-refractivity contribution in [3.05, 3.63) is 24.3 Å². The first-order chi connectivity index (χ1) is 9.24. The zero-order chi connectivity index (χ0) is 13.7. The molecule has 5 nitrogen and oxygen atoms in total. The van der Waals surface area contributed by atoms with E-state index in [2.05, 4.69) is 22.5 Å². The van der Waals surface area contributed by atoms with Gasteiger partial charge in [-0.2, -0.15) is 0 Å². The van der Waals surface area contributed by atoms with Crippen molar-refractivity contribution in [3.8, 4) is 0 Å². The predicted molar refractivity (Wildman–Crippen MR) is 76.4 cm³/mol. The first-order valence-corrected chi connectivity index (χ1v) is 6.72. The van der Waals surface area contributed by atoms with Crippen molar-refractivity contribution in [2.45, 2.75) is 6.92 Å². The number of rotatable bonds is 6. The third-order valence-electron chi connectivity index (χ3n) is 3.40. The van der Waals surface area contributed by atoms with E-state index in [0.29, 0.717) is 6.54 Å². The summed E-state index contributed by atoms with van der Waals surface area (Å²) in [7, 11) is 0. The lowest BCUT2D eigenvalue weighted by molar-refractivity contribution is -0.121.